The summed E-state index contributed by atoms with van der Waals surface area (Å²) in [4.78, 5) is 12.0. The van der Waals surface area contributed by atoms with Crippen molar-refractivity contribution in [2.75, 3.05) is 0 Å². The van der Waals surface area contributed by atoms with Crippen molar-refractivity contribution in [3.05, 3.63) is 33.4 Å². The quantitative estimate of drug-likeness (QED) is 0.747. The normalized spacial score (nSPS) is 23.4. The number of hydrogen-bond donors (Lipinski definition) is 1. The van der Waals surface area contributed by atoms with Crippen LogP contribution in [0.2, 0.25) is 0 Å². The van der Waals surface area contributed by atoms with Gasteiger partial charge in [-0.1, -0.05) is 0 Å². The third-order valence-electron chi connectivity index (χ3n) is 3.63. The summed E-state index contributed by atoms with van der Waals surface area (Å²) in [5.74, 6) is -1.43. The van der Waals surface area contributed by atoms with Gasteiger partial charge < -0.3 is 5.32 Å². The van der Waals surface area contributed by atoms with E-state index >= 15 is 0 Å². The van der Waals surface area contributed by atoms with Crippen molar-refractivity contribution in [2.24, 2.45) is 5.92 Å². The number of rotatable bonds is 2. The maximum absolute atomic E-state index is 12.5. The Morgan fingerprint density at radius 1 is 1.10 bits per heavy atom. The smallest absolute Gasteiger partial charge is 0.349 e. The van der Waals surface area contributed by atoms with Crippen molar-refractivity contribution in [3.8, 4) is 0 Å². The molecule has 1 aliphatic rings. The molecule has 1 amide bonds. The van der Waals surface area contributed by atoms with E-state index in [0.717, 1.165) is 3.57 Å². The molecule has 1 aliphatic carbocycles. The van der Waals surface area contributed by atoms with E-state index in [1.165, 1.54) is 0 Å². The van der Waals surface area contributed by atoms with Gasteiger partial charge in [0.25, 0.3) is 5.91 Å². The Labute approximate surface area is 129 Å². The molecule has 1 fully saturated rings. The molecular formula is C14H15F3INO. The van der Waals surface area contributed by atoms with Crippen LogP contribution >= 0.6 is 22.6 Å². The Morgan fingerprint density at radius 2 is 1.65 bits per heavy atom. The number of halogens is 4. The third-order valence-corrected chi connectivity index (χ3v) is 4.35. The molecule has 6 heteroatoms. The van der Waals surface area contributed by atoms with E-state index in [1.807, 2.05) is 12.1 Å². The van der Waals surface area contributed by atoms with Crippen molar-refractivity contribution in [3.63, 3.8) is 0 Å². The zero-order valence-corrected chi connectivity index (χ0v) is 12.9. The van der Waals surface area contributed by atoms with Gasteiger partial charge in [0.1, 0.15) is 0 Å². The summed E-state index contributed by atoms with van der Waals surface area (Å²) in [6.07, 6.45) is -3.13. The highest BCUT2D eigenvalue weighted by molar-refractivity contribution is 14.1. The SMILES string of the molecule is O=C(NC1CCC(C(F)(F)F)CC1)c1ccc(I)cc1. The van der Waals surface area contributed by atoms with Crippen LogP contribution in [0.1, 0.15) is 36.0 Å². The molecule has 1 aromatic carbocycles. The standard InChI is InChI=1S/C14H15F3INO/c15-14(16,17)10-3-7-12(8-4-10)19-13(20)9-1-5-11(18)6-2-9/h1-2,5-6,10,12H,3-4,7-8H2,(H,19,20). The highest BCUT2D eigenvalue weighted by Gasteiger charge is 2.41. The van der Waals surface area contributed by atoms with Gasteiger partial charge in [0, 0.05) is 15.2 Å². The van der Waals surface area contributed by atoms with Crippen molar-refractivity contribution in [1.29, 1.82) is 0 Å². The molecule has 0 heterocycles. The fourth-order valence-electron chi connectivity index (χ4n) is 2.44. The Morgan fingerprint density at radius 3 is 2.15 bits per heavy atom. The van der Waals surface area contributed by atoms with Crippen LogP contribution in [0, 0.1) is 9.49 Å². The molecule has 2 rings (SSSR count). The summed E-state index contributed by atoms with van der Waals surface area (Å²) in [6, 6.07) is 6.95. The van der Waals surface area contributed by atoms with E-state index in [9.17, 15) is 18.0 Å². The van der Waals surface area contributed by atoms with Gasteiger partial charge in [0.15, 0.2) is 0 Å². The summed E-state index contributed by atoms with van der Waals surface area (Å²) in [6.45, 7) is 0. The number of hydrogen-bond acceptors (Lipinski definition) is 1. The van der Waals surface area contributed by atoms with Gasteiger partial charge in [0.05, 0.1) is 5.92 Å². The van der Waals surface area contributed by atoms with Crippen LogP contribution in [0.3, 0.4) is 0 Å². The second-order valence-electron chi connectivity index (χ2n) is 5.07. The first-order valence-electron chi connectivity index (χ1n) is 6.49. The number of carbonyl (C=O) groups excluding carboxylic acids is 1. The van der Waals surface area contributed by atoms with Gasteiger partial charge in [0.2, 0.25) is 0 Å². The number of nitrogens with one attached hydrogen (secondary N) is 1. The highest BCUT2D eigenvalue weighted by atomic mass is 127. The van der Waals surface area contributed by atoms with Crippen LogP contribution in [0.15, 0.2) is 24.3 Å². The lowest BCUT2D eigenvalue weighted by molar-refractivity contribution is -0.182. The number of benzene rings is 1. The van der Waals surface area contributed by atoms with Crippen molar-refractivity contribution >= 4 is 28.5 Å². The Hall–Kier alpha value is -0.790. The predicted molar refractivity (Wildman–Crippen MR) is 78.4 cm³/mol. The third kappa shape index (κ3) is 4.10. The molecule has 0 atom stereocenters. The van der Waals surface area contributed by atoms with Crippen LogP contribution in [-0.2, 0) is 0 Å². The molecule has 1 saturated carbocycles. The van der Waals surface area contributed by atoms with E-state index in [4.69, 9.17) is 0 Å². The first kappa shape index (κ1) is 15.6. The molecule has 20 heavy (non-hydrogen) atoms. The van der Waals surface area contributed by atoms with Gasteiger partial charge in [-0.2, -0.15) is 13.2 Å². The summed E-state index contributed by atoms with van der Waals surface area (Å²) in [5, 5.41) is 2.82. The molecule has 0 spiro atoms. The molecule has 0 aliphatic heterocycles. The maximum Gasteiger partial charge on any atom is 0.391 e. The predicted octanol–water partition coefficient (Wildman–Crippen LogP) is 4.14. The Kier molecular flexibility index (Phi) is 4.93. The molecular weight excluding hydrogens is 382 g/mol. The van der Waals surface area contributed by atoms with Crippen LogP contribution in [0.4, 0.5) is 13.2 Å². The fourth-order valence-corrected chi connectivity index (χ4v) is 2.79. The molecule has 0 radical (unpaired) electrons. The summed E-state index contributed by atoms with van der Waals surface area (Å²) < 4.78 is 38.7. The molecule has 0 unspecified atom stereocenters. The van der Waals surface area contributed by atoms with E-state index in [0.29, 0.717) is 18.4 Å². The number of carbonyl (C=O) groups is 1. The van der Waals surface area contributed by atoms with Gasteiger partial charge in [-0.3, -0.25) is 4.79 Å². The topological polar surface area (TPSA) is 29.1 Å². The molecule has 1 aromatic rings. The minimum Gasteiger partial charge on any atom is -0.349 e. The first-order chi connectivity index (χ1) is 9.36. The molecule has 0 aromatic heterocycles. The average molecular weight is 397 g/mol. The van der Waals surface area contributed by atoms with Gasteiger partial charge in [-0.05, 0) is 72.5 Å². The summed E-state index contributed by atoms with van der Waals surface area (Å²) in [5.41, 5.74) is 0.545. The van der Waals surface area contributed by atoms with Crippen LogP contribution in [-0.4, -0.2) is 18.1 Å². The van der Waals surface area contributed by atoms with E-state index < -0.39 is 12.1 Å². The largest absolute Gasteiger partial charge is 0.391 e. The fraction of sp³-hybridized carbons (Fsp3) is 0.500. The van der Waals surface area contributed by atoms with Crippen molar-refractivity contribution < 1.29 is 18.0 Å². The number of amides is 1. The lowest BCUT2D eigenvalue weighted by Crippen LogP contribution is -2.40. The molecule has 0 bridgehead atoms. The van der Waals surface area contributed by atoms with Crippen LogP contribution < -0.4 is 5.32 Å². The zero-order chi connectivity index (χ0) is 14.8. The summed E-state index contributed by atoms with van der Waals surface area (Å²) >= 11 is 2.15. The van der Waals surface area contributed by atoms with Gasteiger partial charge >= 0.3 is 6.18 Å². The van der Waals surface area contributed by atoms with Gasteiger partial charge in [-0.15, -0.1) is 0 Å². The van der Waals surface area contributed by atoms with Crippen LogP contribution in [0.25, 0.3) is 0 Å². The number of alkyl halides is 3. The van der Waals surface area contributed by atoms with E-state index in [1.54, 1.807) is 12.1 Å². The van der Waals surface area contributed by atoms with E-state index in [-0.39, 0.29) is 24.8 Å². The summed E-state index contributed by atoms with van der Waals surface area (Å²) in [7, 11) is 0. The second kappa shape index (κ2) is 6.32. The second-order valence-corrected chi connectivity index (χ2v) is 6.32. The molecule has 1 N–H and O–H groups in total. The van der Waals surface area contributed by atoms with Crippen LogP contribution in [0.5, 0.6) is 0 Å². The molecule has 0 saturated heterocycles. The van der Waals surface area contributed by atoms with E-state index in [2.05, 4.69) is 27.9 Å². The van der Waals surface area contributed by atoms with Crippen molar-refractivity contribution in [1.82, 2.24) is 5.32 Å². The highest BCUT2D eigenvalue weighted by Crippen LogP contribution is 2.37. The lowest BCUT2D eigenvalue weighted by atomic mass is 9.85. The minimum absolute atomic E-state index is 0.0983. The Balaban J connectivity index is 1.86. The lowest BCUT2D eigenvalue weighted by Gasteiger charge is -2.30. The first-order valence-corrected chi connectivity index (χ1v) is 7.57. The maximum atomic E-state index is 12.5. The Bertz CT molecular complexity index is 464. The molecule has 2 nitrogen and oxygen atoms in total. The molecule has 110 valence electrons. The van der Waals surface area contributed by atoms with Gasteiger partial charge in [-0.25, -0.2) is 0 Å². The van der Waals surface area contributed by atoms with Crippen molar-refractivity contribution in [2.45, 2.75) is 37.9 Å². The average Bonchev–Trinajstić information content (AvgIpc) is 2.39. The minimum atomic E-state index is -4.11. The monoisotopic (exact) mass is 397 g/mol. The zero-order valence-electron chi connectivity index (χ0n) is 10.7.